The van der Waals surface area contributed by atoms with Gasteiger partial charge in [0.15, 0.2) is 5.78 Å². The van der Waals surface area contributed by atoms with Crippen LogP contribution in [0.5, 0.6) is 0 Å². The molecule has 0 amide bonds. The van der Waals surface area contributed by atoms with Crippen LogP contribution in [0.3, 0.4) is 0 Å². The fourth-order valence-corrected chi connectivity index (χ4v) is 8.44. The molecule has 0 aromatic heterocycles. The Morgan fingerprint density at radius 3 is 1.55 bits per heavy atom. The molecule has 0 radical (unpaired) electrons. The van der Waals surface area contributed by atoms with Crippen molar-refractivity contribution in [3.63, 3.8) is 0 Å². The Bertz CT molecular complexity index is 998. The molecule has 3 aromatic rings. The number of hydrogen-bond acceptors (Lipinski definition) is 3. The van der Waals surface area contributed by atoms with Gasteiger partial charge in [-0.3, -0.25) is 4.79 Å². The van der Waals surface area contributed by atoms with Crippen LogP contribution in [0.4, 0.5) is 0 Å². The van der Waals surface area contributed by atoms with Gasteiger partial charge in [0.25, 0.3) is 0 Å². The fourth-order valence-electron chi connectivity index (χ4n) is 4.11. The number of ether oxygens (including phenoxy) is 1. The van der Waals surface area contributed by atoms with E-state index in [9.17, 15) is 9.59 Å². The number of benzene rings is 3. The summed E-state index contributed by atoms with van der Waals surface area (Å²) >= 11 is 0. The van der Waals surface area contributed by atoms with Gasteiger partial charge in [0, 0.05) is 6.42 Å². The molecule has 1 aliphatic rings. The molecule has 0 N–H and O–H groups in total. The molecule has 0 aliphatic heterocycles. The number of Topliss-reactive ketones (excluding diaryl/α,β-unsaturated/α-hetero) is 1. The molecule has 0 unspecified atom stereocenters. The van der Waals surface area contributed by atoms with Gasteiger partial charge in [0.05, 0.1) is 6.61 Å². The standard InChI is InChI=1S/C27H27O3P/c1-2-30-27(29)26(25(28)20-21-18-19-21)31(22-12-6-3-7-13-22,23-14-8-4-9-15-23)24-16-10-5-11-17-24/h3-17,21H,2,18-20H2,1H3. The van der Waals surface area contributed by atoms with E-state index in [4.69, 9.17) is 4.74 Å². The van der Waals surface area contributed by atoms with Crippen molar-refractivity contribution >= 4 is 39.8 Å². The summed E-state index contributed by atoms with van der Waals surface area (Å²) in [5.74, 6) is -0.190. The van der Waals surface area contributed by atoms with Gasteiger partial charge < -0.3 is 4.74 Å². The quantitative estimate of drug-likeness (QED) is 0.307. The van der Waals surface area contributed by atoms with E-state index < -0.39 is 12.9 Å². The maximum atomic E-state index is 13.8. The molecule has 3 aromatic carbocycles. The fraction of sp³-hybridized carbons (Fsp3) is 0.222. The zero-order chi connectivity index (χ0) is 21.7. The van der Waals surface area contributed by atoms with Crippen molar-refractivity contribution in [3.05, 3.63) is 91.0 Å². The van der Waals surface area contributed by atoms with E-state index in [2.05, 4.69) is 0 Å². The van der Waals surface area contributed by atoms with Crippen LogP contribution in [0.2, 0.25) is 0 Å². The van der Waals surface area contributed by atoms with E-state index in [1.165, 1.54) is 0 Å². The summed E-state index contributed by atoms with van der Waals surface area (Å²) in [6.45, 7) is -0.721. The largest absolute Gasteiger partial charge is 0.462 e. The Labute approximate surface area is 184 Å². The zero-order valence-corrected chi connectivity index (χ0v) is 18.6. The number of ketones is 1. The molecule has 31 heavy (non-hydrogen) atoms. The number of carbonyl (C=O) groups excluding carboxylic acids is 2. The van der Waals surface area contributed by atoms with Crippen molar-refractivity contribution in [2.24, 2.45) is 5.92 Å². The minimum absolute atomic E-state index is 0.0779. The lowest BCUT2D eigenvalue weighted by Gasteiger charge is -2.31. The summed E-state index contributed by atoms with van der Waals surface area (Å²) in [6, 6.07) is 30.0. The lowest BCUT2D eigenvalue weighted by Crippen LogP contribution is -2.38. The first-order valence-corrected chi connectivity index (χ1v) is 12.6. The van der Waals surface area contributed by atoms with Gasteiger partial charge in [-0.1, -0.05) is 91.0 Å². The van der Waals surface area contributed by atoms with E-state index in [1.54, 1.807) is 6.92 Å². The molecular formula is C27H27O3P. The molecule has 4 rings (SSSR count). The lowest BCUT2D eigenvalue weighted by atomic mass is 10.1. The molecule has 1 saturated carbocycles. The highest BCUT2D eigenvalue weighted by atomic mass is 31.2. The highest BCUT2D eigenvalue weighted by Gasteiger charge is 2.39. The predicted octanol–water partition coefficient (Wildman–Crippen LogP) is 4.09. The van der Waals surface area contributed by atoms with Crippen LogP contribution in [-0.4, -0.2) is 23.7 Å². The third-order valence-corrected chi connectivity index (χ3v) is 9.99. The van der Waals surface area contributed by atoms with Gasteiger partial charge in [-0.05, 0) is 48.5 Å². The number of esters is 1. The first-order chi connectivity index (χ1) is 15.2. The maximum absolute atomic E-state index is 13.8. The van der Waals surface area contributed by atoms with Crippen molar-refractivity contribution in [2.45, 2.75) is 26.2 Å². The van der Waals surface area contributed by atoms with Crippen LogP contribution in [0.1, 0.15) is 26.2 Å². The molecule has 0 heterocycles. The van der Waals surface area contributed by atoms with Crippen molar-refractivity contribution in [1.82, 2.24) is 0 Å². The monoisotopic (exact) mass is 430 g/mol. The van der Waals surface area contributed by atoms with Crippen LogP contribution in [0.25, 0.3) is 0 Å². The number of carbonyl (C=O) groups is 2. The molecule has 158 valence electrons. The second kappa shape index (κ2) is 9.49. The number of rotatable bonds is 8. The third-order valence-electron chi connectivity index (χ3n) is 5.67. The van der Waals surface area contributed by atoms with Crippen LogP contribution >= 0.6 is 6.89 Å². The molecule has 0 atom stereocenters. The summed E-state index contributed by atoms with van der Waals surface area (Å²) in [4.78, 5) is 27.3. The highest BCUT2D eigenvalue weighted by Crippen LogP contribution is 2.47. The summed E-state index contributed by atoms with van der Waals surface area (Å²) in [7, 11) is 0. The molecule has 1 aliphatic carbocycles. The predicted molar refractivity (Wildman–Crippen MR) is 129 cm³/mol. The molecule has 0 bridgehead atoms. The first kappa shape index (κ1) is 21.3. The van der Waals surface area contributed by atoms with Crippen molar-refractivity contribution < 1.29 is 14.3 Å². The second-order valence-electron chi connectivity index (χ2n) is 7.82. The van der Waals surface area contributed by atoms with Gasteiger partial charge in [0.1, 0.15) is 5.29 Å². The van der Waals surface area contributed by atoms with Gasteiger partial charge in [-0.25, -0.2) is 4.79 Å². The zero-order valence-electron chi connectivity index (χ0n) is 17.7. The molecule has 0 spiro atoms. The van der Waals surface area contributed by atoms with Crippen molar-refractivity contribution in [1.29, 1.82) is 0 Å². The van der Waals surface area contributed by atoms with Crippen LogP contribution < -0.4 is 15.9 Å². The molecule has 1 fully saturated rings. The van der Waals surface area contributed by atoms with E-state index in [0.717, 1.165) is 28.8 Å². The SMILES string of the molecule is CCOC(=O)C(C(=O)CC1CC1)=P(c1ccccc1)(c1ccccc1)c1ccccc1. The molecule has 4 heteroatoms. The van der Waals surface area contributed by atoms with E-state index in [-0.39, 0.29) is 12.4 Å². The highest BCUT2D eigenvalue weighted by molar-refractivity contribution is 7.97. The summed E-state index contributed by atoms with van der Waals surface area (Å²) < 4.78 is 5.53. The Morgan fingerprint density at radius 2 is 1.19 bits per heavy atom. The summed E-state index contributed by atoms with van der Waals surface area (Å²) in [5.41, 5.74) is 0. The molecule has 0 saturated heterocycles. The Hall–Kier alpha value is -2.90. The van der Waals surface area contributed by atoms with Crippen molar-refractivity contribution in [3.8, 4) is 0 Å². The Balaban J connectivity index is 2.17. The lowest BCUT2D eigenvalue weighted by molar-refractivity contribution is -0.135. The Morgan fingerprint density at radius 1 is 0.774 bits per heavy atom. The van der Waals surface area contributed by atoms with Gasteiger partial charge >= 0.3 is 5.97 Å². The Kier molecular flexibility index (Phi) is 6.53. The summed E-state index contributed by atoms with van der Waals surface area (Å²) in [5, 5.41) is 3.27. The number of hydrogen-bond donors (Lipinski definition) is 0. The van der Waals surface area contributed by atoms with E-state index >= 15 is 0 Å². The minimum Gasteiger partial charge on any atom is -0.462 e. The van der Waals surface area contributed by atoms with E-state index in [1.807, 2.05) is 91.0 Å². The average molecular weight is 430 g/mol. The maximum Gasteiger partial charge on any atom is 0.342 e. The minimum atomic E-state index is -2.74. The molecule has 3 nitrogen and oxygen atoms in total. The molecular weight excluding hydrogens is 403 g/mol. The summed E-state index contributed by atoms with van der Waals surface area (Å²) in [6.07, 6.45) is 2.51. The van der Waals surface area contributed by atoms with E-state index in [0.29, 0.717) is 17.6 Å². The third kappa shape index (κ3) is 4.29. The second-order valence-corrected chi connectivity index (χ2v) is 11.2. The normalized spacial score (nSPS) is 13.5. The van der Waals surface area contributed by atoms with Gasteiger partial charge in [0.2, 0.25) is 0 Å². The van der Waals surface area contributed by atoms with Gasteiger partial charge in [-0.2, -0.15) is 0 Å². The van der Waals surface area contributed by atoms with Crippen LogP contribution in [0, 0.1) is 5.92 Å². The smallest absolute Gasteiger partial charge is 0.342 e. The average Bonchev–Trinajstić information content (AvgIpc) is 3.63. The first-order valence-electron chi connectivity index (χ1n) is 10.8. The van der Waals surface area contributed by atoms with Crippen LogP contribution in [-0.2, 0) is 14.3 Å². The van der Waals surface area contributed by atoms with Crippen LogP contribution in [0.15, 0.2) is 91.0 Å². The van der Waals surface area contributed by atoms with Crippen molar-refractivity contribution in [2.75, 3.05) is 6.61 Å². The van der Waals surface area contributed by atoms with Gasteiger partial charge in [-0.15, -0.1) is 0 Å². The topological polar surface area (TPSA) is 43.4 Å².